The molecule has 2 fully saturated rings. The zero-order valence-corrected chi connectivity index (χ0v) is 18.0. The maximum Gasteiger partial charge on any atom is 0.228 e. The number of nitrogens with zero attached hydrogens (tertiary/aromatic N) is 7. The lowest BCUT2D eigenvalue weighted by Gasteiger charge is -2.31. The van der Waals surface area contributed by atoms with Crippen molar-refractivity contribution in [2.24, 2.45) is 5.92 Å². The third kappa shape index (κ3) is 3.65. The highest BCUT2D eigenvalue weighted by Gasteiger charge is 2.39. The van der Waals surface area contributed by atoms with Gasteiger partial charge >= 0.3 is 0 Å². The standard InChI is InChI=1S/C21H28N8O2/c1-13-11-28(14(2)30)12-17(13)29-4-3-16-18(15-9-23-20(22)24-10-15)25-21(26-19(16)29)27-5-7-31-8-6-27/h9-10,13,17H,3-8,11-12H2,1-2H3,(H2,22,23,24)/t13-,17+/m1/s1. The molecule has 1 amide bonds. The van der Waals surface area contributed by atoms with Crippen LogP contribution in [0.4, 0.5) is 17.7 Å². The van der Waals surface area contributed by atoms with Gasteiger partial charge in [-0.25, -0.2) is 15.0 Å². The molecule has 0 aliphatic carbocycles. The molecule has 31 heavy (non-hydrogen) atoms. The van der Waals surface area contributed by atoms with Crippen molar-refractivity contribution in [2.75, 3.05) is 61.5 Å². The van der Waals surface area contributed by atoms with Crippen LogP contribution in [0.3, 0.4) is 0 Å². The molecule has 0 radical (unpaired) electrons. The number of carbonyl (C=O) groups is 1. The molecule has 0 saturated carbocycles. The molecule has 0 spiro atoms. The fourth-order valence-corrected chi connectivity index (χ4v) is 4.81. The predicted octanol–water partition coefficient (Wildman–Crippen LogP) is 0.582. The molecule has 2 N–H and O–H groups in total. The summed E-state index contributed by atoms with van der Waals surface area (Å²) in [7, 11) is 0. The molecule has 2 aromatic rings. The van der Waals surface area contributed by atoms with Crippen molar-refractivity contribution in [3.05, 3.63) is 18.0 Å². The summed E-state index contributed by atoms with van der Waals surface area (Å²) in [6, 6.07) is 0.244. The molecule has 3 aliphatic heterocycles. The van der Waals surface area contributed by atoms with Gasteiger partial charge < -0.3 is 25.2 Å². The van der Waals surface area contributed by atoms with E-state index in [0.29, 0.717) is 25.1 Å². The van der Waals surface area contributed by atoms with Crippen LogP contribution in [0.1, 0.15) is 19.4 Å². The summed E-state index contributed by atoms with van der Waals surface area (Å²) in [6.07, 6.45) is 4.31. The van der Waals surface area contributed by atoms with E-state index in [0.717, 1.165) is 61.8 Å². The average Bonchev–Trinajstić information content (AvgIpc) is 3.37. The first-order chi connectivity index (χ1) is 15.0. The molecule has 2 aromatic heterocycles. The van der Waals surface area contributed by atoms with Gasteiger partial charge in [-0.2, -0.15) is 4.98 Å². The number of anilines is 3. The minimum Gasteiger partial charge on any atom is -0.378 e. The number of nitrogens with two attached hydrogens (primary N) is 1. The van der Waals surface area contributed by atoms with Crippen molar-refractivity contribution in [3.8, 4) is 11.3 Å². The van der Waals surface area contributed by atoms with Gasteiger partial charge in [0.2, 0.25) is 17.8 Å². The van der Waals surface area contributed by atoms with E-state index in [1.165, 1.54) is 0 Å². The van der Waals surface area contributed by atoms with Crippen molar-refractivity contribution >= 4 is 23.6 Å². The zero-order valence-electron chi connectivity index (χ0n) is 18.0. The highest BCUT2D eigenvalue weighted by Crippen LogP contribution is 2.38. The first-order valence-corrected chi connectivity index (χ1v) is 10.8. The second kappa shape index (κ2) is 7.92. The first kappa shape index (κ1) is 19.9. The van der Waals surface area contributed by atoms with Gasteiger partial charge in [-0.05, 0) is 12.3 Å². The van der Waals surface area contributed by atoms with Crippen LogP contribution in [-0.4, -0.2) is 82.7 Å². The van der Waals surface area contributed by atoms with Crippen LogP contribution < -0.4 is 15.5 Å². The van der Waals surface area contributed by atoms with Crippen LogP contribution in [0.5, 0.6) is 0 Å². The Morgan fingerprint density at radius 3 is 2.55 bits per heavy atom. The molecule has 5 rings (SSSR count). The summed E-state index contributed by atoms with van der Waals surface area (Å²) in [6.45, 7) is 9.08. The van der Waals surface area contributed by atoms with Crippen LogP contribution >= 0.6 is 0 Å². The minimum absolute atomic E-state index is 0.130. The Labute approximate surface area is 181 Å². The number of ether oxygens (including phenoxy) is 1. The molecule has 0 unspecified atom stereocenters. The van der Waals surface area contributed by atoms with Crippen molar-refractivity contribution in [1.82, 2.24) is 24.8 Å². The molecule has 3 aliphatic rings. The van der Waals surface area contributed by atoms with Crippen molar-refractivity contribution < 1.29 is 9.53 Å². The molecule has 0 aromatic carbocycles. The van der Waals surface area contributed by atoms with Crippen molar-refractivity contribution in [1.29, 1.82) is 0 Å². The number of nitrogen functional groups attached to an aromatic ring is 1. The van der Waals surface area contributed by atoms with Crippen LogP contribution in [0.2, 0.25) is 0 Å². The topological polar surface area (TPSA) is 114 Å². The second-order valence-corrected chi connectivity index (χ2v) is 8.52. The van der Waals surface area contributed by atoms with Crippen molar-refractivity contribution in [2.45, 2.75) is 26.3 Å². The van der Waals surface area contributed by atoms with Gasteiger partial charge in [-0.1, -0.05) is 6.92 Å². The molecule has 2 atom stereocenters. The van der Waals surface area contributed by atoms with E-state index >= 15 is 0 Å². The Bertz CT molecular complexity index is 976. The third-order valence-electron chi connectivity index (χ3n) is 6.51. The Morgan fingerprint density at radius 1 is 1.13 bits per heavy atom. The number of hydrogen-bond donors (Lipinski definition) is 1. The molecule has 0 bridgehead atoms. The number of amides is 1. The Kier molecular flexibility index (Phi) is 5.09. The zero-order chi connectivity index (χ0) is 21.5. The van der Waals surface area contributed by atoms with Gasteiger partial charge in [0.15, 0.2) is 0 Å². The monoisotopic (exact) mass is 424 g/mol. The quantitative estimate of drug-likeness (QED) is 0.756. The van der Waals surface area contributed by atoms with E-state index in [9.17, 15) is 4.79 Å². The summed E-state index contributed by atoms with van der Waals surface area (Å²) < 4.78 is 5.51. The average molecular weight is 425 g/mol. The van der Waals surface area contributed by atoms with E-state index in [1.54, 1.807) is 19.3 Å². The molecular formula is C21H28N8O2. The number of morpholine rings is 1. The number of likely N-dealkylation sites (tertiary alicyclic amines) is 1. The van der Waals surface area contributed by atoms with Gasteiger partial charge in [0.1, 0.15) is 5.82 Å². The van der Waals surface area contributed by atoms with Gasteiger partial charge in [0, 0.05) is 63.2 Å². The first-order valence-electron chi connectivity index (χ1n) is 10.8. The largest absolute Gasteiger partial charge is 0.378 e. The van der Waals surface area contributed by atoms with Gasteiger partial charge in [0.25, 0.3) is 0 Å². The number of rotatable bonds is 3. The molecule has 10 heteroatoms. The molecular weight excluding hydrogens is 396 g/mol. The van der Waals surface area contributed by atoms with E-state index < -0.39 is 0 Å². The van der Waals surface area contributed by atoms with Gasteiger partial charge in [-0.3, -0.25) is 4.79 Å². The molecule has 2 saturated heterocycles. The van der Waals surface area contributed by atoms with E-state index in [-0.39, 0.29) is 17.9 Å². The van der Waals surface area contributed by atoms with Crippen LogP contribution in [0.15, 0.2) is 12.4 Å². The Balaban J connectivity index is 1.56. The number of aromatic nitrogens is 4. The summed E-state index contributed by atoms with van der Waals surface area (Å²) in [5.41, 5.74) is 8.52. The number of carbonyl (C=O) groups excluding carboxylic acids is 1. The molecule has 10 nitrogen and oxygen atoms in total. The molecule has 164 valence electrons. The van der Waals surface area contributed by atoms with Crippen LogP contribution in [-0.2, 0) is 16.0 Å². The summed E-state index contributed by atoms with van der Waals surface area (Å²) >= 11 is 0. The van der Waals surface area contributed by atoms with Gasteiger partial charge in [-0.15, -0.1) is 0 Å². The van der Waals surface area contributed by atoms with Crippen LogP contribution in [0.25, 0.3) is 11.3 Å². The fraction of sp³-hybridized carbons (Fsp3) is 0.571. The summed E-state index contributed by atoms with van der Waals surface area (Å²) in [5.74, 6) is 2.42. The molecule has 5 heterocycles. The SMILES string of the molecule is CC(=O)N1C[C@@H](C)[C@@H](N2CCc3c(-c4cnc(N)nc4)nc(N4CCOCC4)nc32)C1. The highest BCUT2D eigenvalue weighted by atomic mass is 16.5. The summed E-state index contributed by atoms with van der Waals surface area (Å²) in [5, 5.41) is 0. The maximum absolute atomic E-state index is 12.0. The van der Waals surface area contributed by atoms with E-state index in [4.69, 9.17) is 20.4 Å². The lowest BCUT2D eigenvalue weighted by Crippen LogP contribution is -2.41. The van der Waals surface area contributed by atoms with E-state index in [1.807, 2.05) is 4.90 Å². The Hall–Kier alpha value is -3.01. The summed E-state index contributed by atoms with van der Waals surface area (Å²) in [4.78, 5) is 36.8. The highest BCUT2D eigenvalue weighted by molar-refractivity contribution is 5.75. The number of fused-ring (bicyclic) bond motifs is 1. The second-order valence-electron chi connectivity index (χ2n) is 8.52. The number of hydrogen-bond acceptors (Lipinski definition) is 9. The third-order valence-corrected chi connectivity index (χ3v) is 6.51. The van der Waals surface area contributed by atoms with Crippen molar-refractivity contribution in [3.63, 3.8) is 0 Å². The fourth-order valence-electron chi connectivity index (χ4n) is 4.81. The maximum atomic E-state index is 12.0. The minimum atomic E-state index is 0.130. The smallest absolute Gasteiger partial charge is 0.228 e. The lowest BCUT2D eigenvalue weighted by atomic mass is 10.1. The normalized spacial score (nSPS) is 23.4. The van der Waals surface area contributed by atoms with Crippen LogP contribution in [0, 0.1) is 5.92 Å². The predicted molar refractivity (Wildman–Crippen MR) is 117 cm³/mol. The van der Waals surface area contributed by atoms with E-state index in [2.05, 4.69) is 26.7 Å². The van der Waals surface area contributed by atoms with Gasteiger partial charge in [0.05, 0.1) is 24.9 Å². The Morgan fingerprint density at radius 2 is 1.87 bits per heavy atom. The lowest BCUT2D eigenvalue weighted by molar-refractivity contribution is -0.127.